The Morgan fingerprint density at radius 2 is 1.95 bits per heavy atom. The molecule has 0 aliphatic heterocycles. The first-order valence-corrected chi connectivity index (χ1v) is 8.33. The number of hydrogen-bond acceptors (Lipinski definition) is 3. The molecule has 6 heteroatoms. The number of sulfonamides is 1. The van der Waals surface area contributed by atoms with Crippen LogP contribution in [0.5, 0.6) is 0 Å². The third-order valence-corrected chi connectivity index (χ3v) is 3.36. The normalized spacial score (nSPS) is 11.5. The summed E-state index contributed by atoms with van der Waals surface area (Å²) >= 11 is 0. The van der Waals surface area contributed by atoms with Crippen LogP contribution in [0.2, 0.25) is 0 Å². The Morgan fingerprint density at radius 1 is 1.35 bits per heavy atom. The molecule has 0 atom stereocenters. The summed E-state index contributed by atoms with van der Waals surface area (Å²) in [7, 11) is -1.61. The van der Waals surface area contributed by atoms with E-state index in [0.717, 1.165) is 11.8 Å². The van der Waals surface area contributed by atoms with E-state index in [9.17, 15) is 13.2 Å². The predicted octanol–water partition coefficient (Wildman–Crippen LogP) is 2.09. The fraction of sp³-hybridized carbons (Fsp3) is 0.500. The monoisotopic (exact) mass is 298 g/mol. The zero-order chi connectivity index (χ0) is 15.5. The van der Waals surface area contributed by atoms with Gasteiger partial charge in [-0.1, -0.05) is 19.9 Å². The molecule has 0 aliphatic rings. The summed E-state index contributed by atoms with van der Waals surface area (Å²) in [5, 5.41) is 0. The van der Waals surface area contributed by atoms with Gasteiger partial charge >= 0.3 is 0 Å². The molecule has 0 unspecified atom stereocenters. The minimum atomic E-state index is -3.36. The molecule has 0 spiro atoms. The molecule has 0 saturated carbocycles. The van der Waals surface area contributed by atoms with Crippen LogP contribution in [-0.4, -0.2) is 39.1 Å². The number of carbonyl (C=O) groups is 1. The molecule has 0 aromatic heterocycles. The van der Waals surface area contributed by atoms with Crippen molar-refractivity contribution in [3.05, 3.63) is 29.3 Å². The van der Waals surface area contributed by atoms with Crippen molar-refractivity contribution in [3.8, 4) is 0 Å². The Balaban J connectivity index is 3.03. The van der Waals surface area contributed by atoms with Crippen LogP contribution in [0, 0.1) is 12.8 Å². The van der Waals surface area contributed by atoms with E-state index in [0.29, 0.717) is 23.7 Å². The largest absolute Gasteiger partial charge is 0.341 e. The molecule has 5 nitrogen and oxygen atoms in total. The Morgan fingerprint density at radius 3 is 2.45 bits per heavy atom. The number of anilines is 1. The van der Waals surface area contributed by atoms with Gasteiger partial charge in [-0.15, -0.1) is 0 Å². The molecule has 20 heavy (non-hydrogen) atoms. The maximum absolute atomic E-state index is 12.3. The Bertz CT molecular complexity index is 594. The smallest absolute Gasteiger partial charge is 0.253 e. The molecule has 0 aliphatic carbocycles. The highest BCUT2D eigenvalue weighted by Gasteiger charge is 2.15. The standard InChI is InChI=1S/C14H22N2O3S/c1-10(2)9-16(4)14(17)12-7-6-11(3)13(8-12)15-20(5,18)19/h6-8,10,15H,9H2,1-5H3. The Kier molecular flexibility index (Phi) is 5.16. The molecule has 1 rings (SSSR count). The summed E-state index contributed by atoms with van der Waals surface area (Å²) in [5.74, 6) is 0.262. The Hall–Kier alpha value is -1.56. The van der Waals surface area contributed by atoms with Gasteiger partial charge in [-0.3, -0.25) is 9.52 Å². The van der Waals surface area contributed by atoms with E-state index < -0.39 is 10.0 Å². The molecule has 0 saturated heterocycles. The van der Waals surface area contributed by atoms with Crippen LogP contribution in [0.15, 0.2) is 18.2 Å². The fourth-order valence-electron chi connectivity index (χ4n) is 1.92. The van der Waals surface area contributed by atoms with Gasteiger partial charge in [-0.2, -0.15) is 0 Å². The van der Waals surface area contributed by atoms with Gasteiger partial charge in [0.05, 0.1) is 11.9 Å². The predicted molar refractivity (Wildman–Crippen MR) is 81.4 cm³/mol. The average molecular weight is 298 g/mol. The molecule has 1 aromatic rings. The van der Waals surface area contributed by atoms with Gasteiger partial charge in [0, 0.05) is 19.2 Å². The zero-order valence-electron chi connectivity index (χ0n) is 12.6. The maximum Gasteiger partial charge on any atom is 0.253 e. The molecule has 0 heterocycles. The summed E-state index contributed by atoms with van der Waals surface area (Å²) in [5.41, 5.74) is 1.69. The van der Waals surface area contributed by atoms with Crippen LogP contribution in [0.3, 0.4) is 0 Å². The number of benzene rings is 1. The number of nitrogens with one attached hydrogen (secondary N) is 1. The number of carbonyl (C=O) groups excluding carboxylic acids is 1. The quantitative estimate of drug-likeness (QED) is 0.905. The number of aryl methyl sites for hydroxylation is 1. The molecule has 1 N–H and O–H groups in total. The van der Waals surface area contributed by atoms with Crippen LogP contribution < -0.4 is 4.72 Å². The third-order valence-electron chi connectivity index (χ3n) is 2.77. The van der Waals surface area contributed by atoms with Crippen LogP contribution in [0.25, 0.3) is 0 Å². The summed E-state index contributed by atoms with van der Waals surface area (Å²) < 4.78 is 25.0. The van der Waals surface area contributed by atoms with E-state index >= 15 is 0 Å². The molecular weight excluding hydrogens is 276 g/mol. The second-order valence-electron chi connectivity index (χ2n) is 5.48. The highest BCUT2D eigenvalue weighted by atomic mass is 32.2. The van der Waals surface area contributed by atoms with Crippen molar-refractivity contribution in [2.45, 2.75) is 20.8 Å². The molecule has 0 radical (unpaired) electrons. The van der Waals surface area contributed by atoms with Gasteiger partial charge in [0.15, 0.2) is 0 Å². The van der Waals surface area contributed by atoms with Crippen molar-refractivity contribution in [1.29, 1.82) is 0 Å². The molecule has 0 bridgehead atoms. The van der Waals surface area contributed by atoms with Crippen molar-refractivity contribution in [1.82, 2.24) is 4.90 Å². The van der Waals surface area contributed by atoms with Crippen molar-refractivity contribution in [2.75, 3.05) is 24.6 Å². The van der Waals surface area contributed by atoms with Crippen LogP contribution in [0.1, 0.15) is 29.8 Å². The molecular formula is C14H22N2O3S. The van der Waals surface area contributed by atoms with Gasteiger partial charge in [-0.05, 0) is 30.5 Å². The molecule has 1 amide bonds. The van der Waals surface area contributed by atoms with Gasteiger partial charge in [0.1, 0.15) is 0 Å². The van der Waals surface area contributed by atoms with E-state index in [4.69, 9.17) is 0 Å². The minimum absolute atomic E-state index is 0.116. The van der Waals surface area contributed by atoms with Gasteiger partial charge in [0.2, 0.25) is 10.0 Å². The third kappa shape index (κ3) is 4.85. The highest BCUT2D eigenvalue weighted by Crippen LogP contribution is 2.19. The first kappa shape index (κ1) is 16.5. The zero-order valence-corrected chi connectivity index (χ0v) is 13.4. The summed E-state index contributed by atoms with van der Waals surface area (Å²) in [4.78, 5) is 13.9. The minimum Gasteiger partial charge on any atom is -0.341 e. The van der Waals surface area contributed by atoms with Crippen LogP contribution >= 0.6 is 0 Å². The highest BCUT2D eigenvalue weighted by molar-refractivity contribution is 7.92. The first-order valence-electron chi connectivity index (χ1n) is 6.44. The summed E-state index contributed by atoms with van der Waals surface area (Å²) in [6.45, 7) is 6.52. The SMILES string of the molecule is Cc1ccc(C(=O)N(C)CC(C)C)cc1NS(C)(=O)=O. The average Bonchev–Trinajstić information content (AvgIpc) is 2.28. The lowest BCUT2D eigenvalue weighted by molar-refractivity contribution is 0.0779. The Labute approximate surface area is 121 Å². The van der Waals surface area contributed by atoms with Crippen molar-refractivity contribution >= 4 is 21.6 Å². The molecule has 112 valence electrons. The van der Waals surface area contributed by atoms with E-state index in [2.05, 4.69) is 4.72 Å². The summed E-state index contributed by atoms with van der Waals surface area (Å²) in [6, 6.07) is 5.03. The number of hydrogen-bond donors (Lipinski definition) is 1. The van der Waals surface area contributed by atoms with Gasteiger partial charge in [0.25, 0.3) is 5.91 Å². The molecule has 1 aromatic carbocycles. The lowest BCUT2D eigenvalue weighted by Crippen LogP contribution is -2.30. The van der Waals surface area contributed by atoms with Crippen LogP contribution in [-0.2, 0) is 10.0 Å². The maximum atomic E-state index is 12.3. The second-order valence-corrected chi connectivity index (χ2v) is 7.23. The van der Waals surface area contributed by atoms with E-state index in [1.807, 2.05) is 13.8 Å². The second kappa shape index (κ2) is 6.26. The van der Waals surface area contributed by atoms with E-state index in [-0.39, 0.29) is 5.91 Å². The van der Waals surface area contributed by atoms with Crippen molar-refractivity contribution in [2.24, 2.45) is 5.92 Å². The van der Waals surface area contributed by atoms with Crippen molar-refractivity contribution < 1.29 is 13.2 Å². The van der Waals surface area contributed by atoms with Gasteiger partial charge < -0.3 is 4.90 Å². The number of amides is 1. The van der Waals surface area contributed by atoms with Crippen LogP contribution in [0.4, 0.5) is 5.69 Å². The van der Waals surface area contributed by atoms with E-state index in [1.54, 1.807) is 37.1 Å². The number of nitrogens with zero attached hydrogens (tertiary/aromatic N) is 1. The van der Waals surface area contributed by atoms with Gasteiger partial charge in [-0.25, -0.2) is 8.42 Å². The lowest BCUT2D eigenvalue weighted by Gasteiger charge is -2.20. The first-order chi connectivity index (χ1) is 9.10. The van der Waals surface area contributed by atoms with E-state index in [1.165, 1.54) is 0 Å². The number of rotatable bonds is 5. The fourth-order valence-corrected chi connectivity index (χ4v) is 2.54. The topological polar surface area (TPSA) is 66.5 Å². The lowest BCUT2D eigenvalue weighted by atomic mass is 10.1. The summed E-state index contributed by atoms with van der Waals surface area (Å²) in [6.07, 6.45) is 1.09. The molecule has 0 fully saturated rings. The van der Waals surface area contributed by atoms with Crippen molar-refractivity contribution in [3.63, 3.8) is 0 Å².